The van der Waals surface area contributed by atoms with Crippen LogP contribution in [0.4, 0.5) is 0 Å². The van der Waals surface area contributed by atoms with Gasteiger partial charge in [-0.1, -0.05) is 11.8 Å². The molecule has 3 N–H and O–H groups in total. The molecule has 1 aromatic heterocycles. The molecule has 0 aliphatic heterocycles. The zero-order valence-electron chi connectivity index (χ0n) is 11.8. The summed E-state index contributed by atoms with van der Waals surface area (Å²) in [7, 11) is 0. The molecule has 0 spiro atoms. The summed E-state index contributed by atoms with van der Waals surface area (Å²) in [6.45, 7) is 3.18. The molecule has 2 fully saturated rings. The van der Waals surface area contributed by atoms with E-state index in [0.29, 0.717) is 12.0 Å². The molecule has 0 aromatic carbocycles. The lowest BCUT2D eigenvalue weighted by Gasteiger charge is -2.14. The van der Waals surface area contributed by atoms with Crippen molar-refractivity contribution in [3.63, 3.8) is 0 Å². The average molecular weight is 288 g/mol. The molecule has 106 valence electrons. The minimum Gasteiger partial charge on any atom is -0.351 e. The normalized spacial score (nSPS) is 19.1. The molecule has 3 rings (SSSR count). The van der Waals surface area contributed by atoms with Crippen LogP contribution >= 0.6 is 11.3 Å². The minimum absolute atomic E-state index is 0.0471. The van der Waals surface area contributed by atoms with Gasteiger partial charge in [0.15, 0.2) is 0 Å². The molecule has 4 heteroatoms. The maximum absolute atomic E-state index is 12.2. The Kier molecular flexibility index (Phi) is 3.57. The van der Waals surface area contributed by atoms with E-state index in [0.717, 1.165) is 27.8 Å². The number of hydrogen-bond acceptors (Lipinski definition) is 3. The van der Waals surface area contributed by atoms with Crippen LogP contribution in [0.25, 0.3) is 0 Å². The van der Waals surface area contributed by atoms with Crippen molar-refractivity contribution in [3.8, 4) is 11.8 Å². The molecule has 1 aromatic rings. The minimum atomic E-state index is 0.0471. The molecule has 2 aliphatic rings. The smallest absolute Gasteiger partial charge is 0.261 e. The maximum atomic E-state index is 12.2. The van der Waals surface area contributed by atoms with Gasteiger partial charge in [-0.25, -0.2) is 0 Å². The Morgan fingerprint density at radius 3 is 2.90 bits per heavy atom. The summed E-state index contributed by atoms with van der Waals surface area (Å²) >= 11 is 1.46. The number of thiophene rings is 1. The number of carbonyl (C=O) groups excluding carboxylic acids is 1. The molecule has 0 radical (unpaired) electrons. The SMILES string of the molecule is Cc1cc(C(=O)NCC2(C3CC3)CC2)sc1C#CCN. The number of rotatable bonds is 4. The van der Waals surface area contributed by atoms with Gasteiger partial charge in [-0.05, 0) is 55.6 Å². The average Bonchev–Trinajstić information content (AvgIpc) is 3.32. The topological polar surface area (TPSA) is 55.1 Å². The van der Waals surface area contributed by atoms with Crippen LogP contribution in [0.2, 0.25) is 0 Å². The van der Waals surface area contributed by atoms with Gasteiger partial charge >= 0.3 is 0 Å². The summed E-state index contributed by atoms with van der Waals surface area (Å²) in [6.07, 6.45) is 5.28. The second-order valence-electron chi connectivity index (χ2n) is 5.95. The molecule has 0 unspecified atom stereocenters. The number of nitrogens with two attached hydrogens (primary N) is 1. The van der Waals surface area contributed by atoms with Gasteiger partial charge in [0.05, 0.1) is 16.3 Å². The molecular weight excluding hydrogens is 268 g/mol. The van der Waals surface area contributed by atoms with E-state index in [-0.39, 0.29) is 5.91 Å². The van der Waals surface area contributed by atoms with Crippen molar-refractivity contribution in [1.29, 1.82) is 0 Å². The first kappa shape index (κ1) is 13.7. The first-order valence-corrected chi connectivity index (χ1v) is 8.04. The summed E-state index contributed by atoms with van der Waals surface area (Å²) in [5.74, 6) is 6.79. The second-order valence-corrected chi connectivity index (χ2v) is 7.00. The summed E-state index contributed by atoms with van der Waals surface area (Å²) in [5.41, 5.74) is 6.89. The zero-order valence-corrected chi connectivity index (χ0v) is 12.6. The standard InChI is InChI=1S/C16H20N2OS/c1-11-9-14(20-13(11)3-2-8-17)15(19)18-10-16(6-7-16)12-4-5-12/h9,12H,4-8,10,17H2,1H3,(H,18,19). The third kappa shape index (κ3) is 2.74. The number of hydrogen-bond donors (Lipinski definition) is 2. The van der Waals surface area contributed by atoms with Crippen LogP contribution in [0.3, 0.4) is 0 Å². The molecule has 1 amide bonds. The fraction of sp³-hybridized carbons (Fsp3) is 0.562. The Balaban J connectivity index is 1.62. The van der Waals surface area contributed by atoms with Crippen LogP contribution in [0.5, 0.6) is 0 Å². The summed E-state index contributed by atoms with van der Waals surface area (Å²) in [6, 6.07) is 1.93. The van der Waals surface area contributed by atoms with E-state index in [9.17, 15) is 4.79 Å². The van der Waals surface area contributed by atoms with Crippen LogP contribution in [0, 0.1) is 30.1 Å². The van der Waals surface area contributed by atoms with E-state index in [1.54, 1.807) is 0 Å². The van der Waals surface area contributed by atoms with Crippen molar-refractivity contribution in [2.24, 2.45) is 17.1 Å². The molecule has 20 heavy (non-hydrogen) atoms. The first-order chi connectivity index (χ1) is 9.64. The molecule has 0 saturated heterocycles. The van der Waals surface area contributed by atoms with Gasteiger partial charge in [0, 0.05) is 6.54 Å². The zero-order chi connectivity index (χ0) is 14.2. The highest BCUT2D eigenvalue weighted by molar-refractivity contribution is 7.14. The molecular formula is C16H20N2OS. The first-order valence-electron chi connectivity index (χ1n) is 7.22. The van der Waals surface area contributed by atoms with Crippen molar-refractivity contribution < 1.29 is 4.79 Å². The molecule has 2 saturated carbocycles. The highest BCUT2D eigenvalue weighted by Crippen LogP contribution is 2.60. The lowest BCUT2D eigenvalue weighted by Crippen LogP contribution is -2.30. The van der Waals surface area contributed by atoms with Crippen LogP contribution in [0.1, 0.15) is 45.8 Å². The molecule has 3 nitrogen and oxygen atoms in total. The van der Waals surface area contributed by atoms with Crippen LogP contribution in [-0.4, -0.2) is 19.0 Å². The quantitative estimate of drug-likeness (QED) is 0.835. The van der Waals surface area contributed by atoms with Gasteiger partial charge in [0.2, 0.25) is 0 Å². The Hall–Kier alpha value is -1.31. The highest BCUT2D eigenvalue weighted by atomic mass is 32.1. The van der Waals surface area contributed by atoms with E-state index in [1.807, 2.05) is 13.0 Å². The number of carbonyl (C=O) groups is 1. The van der Waals surface area contributed by atoms with E-state index >= 15 is 0 Å². The van der Waals surface area contributed by atoms with Gasteiger partial charge < -0.3 is 11.1 Å². The molecule has 2 aliphatic carbocycles. The lowest BCUT2D eigenvalue weighted by molar-refractivity contribution is 0.0946. The van der Waals surface area contributed by atoms with Crippen LogP contribution < -0.4 is 11.1 Å². The van der Waals surface area contributed by atoms with Crippen molar-refractivity contribution in [1.82, 2.24) is 5.32 Å². The Morgan fingerprint density at radius 1 is 1.55 bits per heavy atom. The van der Waals surface area contributed by atoms with Gasteiger partial charge in [0.1, 0.15) is 0 Å². The largest absolute Gasteiger partial charge is 0.351 e. The predicted octanol–water partition coefficient (Wildman–Crippen LogP) is 2.29. The van der Waals surface area contributed by atoms with Gasteiger partial charge in [-0.15, -0.1) is 11.3 Å². The van der Waals surface area contributed by atoms with Crippen LogP contribution in [-0.2, 0) is 0 Å². The monoisotopic (exact) mass is 288 g/mol. The number of aryl methyl sites for hydroxylation is 1. The number of amides is 1. The number of nitrogens with one attached hydrogen (secondary N) is 1. The fourth-order valence-corrected chi connectivity index (χ4v) is 3.74. The van der Waals surface area contributed by atoms with Crippen molar-refractivity contribution >= 4 is 17.2 Å². The van der Waals surface area contributed by atoms with E-state index in [4.69, 9.17) is 5.73 Å². The Morgan fingerprint density at radius 2 is 2.30 bits per heavy atom. The van der Waals surface area contributed by atoms with Gasteiger partial charge in [0.25, 0.3) is 5.91 Å². The summed E-state index contributed by atoms with van der Waals surface area (Å²) in [4.78, 5) is 13.9. The third-order valence-corrected chi connectivity index (χ3v) is 5.53. The van der Waals surface area contributed by atoms with E-state index < -0.39 is 0 Å². The van der Waals surface area contributed by atoms with Crippen LogP contribution in [0.15, 0.2) is 6.07 Å². The maximum Gasteiger partial charge on any atom is 0.261 e. The summed E-state index contributed by atoms with van der Waals surface area (Å²) < 4.78 is 0. The second kappa shape index (κ2) is 5.23. The highest BCUT2D eigenvalue weighted by Gasteiger charge is 2.53. The predicted molar refractivity (Wildman–Crippen MR) is 81.7 cm³/mol. The summed E-state index contributed by atoms with van der Waals surface area (Å²) in [5, 5.41) is 3.12. The van der Waals surface area contributed by atoms with Crippen molar-refractivity contribution in [2.45, 2.75) is 32.6 Å². The van der Waals surface area contributed by atoms with Crippen molar-refractivity contribution in [3.05, 3.63) is 21.4 Å². The van der Waals surface area contributed by atoms with Crippen molar-refractivity contribution in [2.75, 3.05) is 13.1 Å². The Bertz CT molecular complexity index is 585. The molecule has 1 heterocycles. The van der Waals surface area contributed by atoms with E-state index in [2.05, 4.69) is 17.2 Å². The van der Waals surface area contributed by atoms with Gasteiger partial charge in [-0.3, -0.25) is 4.79 Å². The molecule has 0 bridgehead atoms. The lowest BCUT2D eigenvalue weighted by atomic mass is 10.0. The Labute approximate surface area is 123 Å². The third-order valence-electron chi connectivity index (χ3n) is 4.38. The van der Waals surface area contributed by atoms with E-state index in [1.165, 1.54) is 37.0 Å². The molecule has 0 atom stereocenters. The van der Waals surface area contributed by atoms with Gasteiger partial charge in [-0.2, -0.15) is 0 Å². The fourth-order valence-electron chi connectivity index (χ4n) is 2.78.